The number of esters is 1. The average Bonchev–Trinajstić information content (AvgIpc) is 2.87. The van der Waals surface area contributed by atoms with Gasteiger partial charge in [0.1, 0.15) is 18.2 Å². The zero-order chi connectivity index (χ0) is 26.1. The third-order valence-electron chi connectivity index (χ3n) is 5.53. The van der Waals surface area contributed by atoms with Crippen LogP contribution in [0, 0.1) is 17.2 Å². The molecule has 1 amide bonds. The van der Waals surface area contributed by atoms with Gasteiger partial charge in [0.15, 0.2) is 5.82 Å². The van der Waals surface area contributed by atoms with Crippen molar-refractivity contribution in [1.29, 1.82) is 5.26 Å². The number of nitriles is 1. The molecular weight excluding hydrogens is 488 g/mol. The van der Waals surface area contributed by atoms with Gasteiger partial charge in [0.05, 0.1) is 24.5 Å². The molecule has 1 fully saturated rings. The molecule has 2 heterocycles. The number of amides is 1. The zero-order valence-electron chi connectivity index (χ0n) is 19.8. The molecule has 1 aromatic carbocycles. The summed E-state index contributed by atoms with van der Waals surface area (Å²) in [5, 5.41) is 18.8. The Morgan fingerprint density at radius 2 is 1.94 bits per heavy atom. The van der Waals surface area contributed by atoms with Crippen LogP contribution in [-0.4, -0.2) is 63.3 Å². The minimum Gasteiger partial charge on any atom is -0.475 e. The van der Waals surface area contributed by atoms with Crippen molar-refractivity contribution in [3.8, 4) is 11.9 Å². The van der Waals surface area contributed by atoms with Gasteiger partial charge in [-0.1, -0.05) is 30.3 Å². The fourth-order valence-electron chi connectivity index (χ4n) is 3.84. The standard InChI is InChI=1S/C24H28N4O7S/c1-2-34-24(31)20-14-19(15-25)21(26-23(20)35-13-12-29)28-10-8-18(9-11-28)22(30)27-36(32,33)16-17-6-4-3-5-7-17/h3-7,14,18,29H,2,8-13,16H2,1H3,(H,27,30). The molecule has 11 nitrogen and oxygen atoms in total. The highest BCUT2D eigenvalue weighted by Crippen LogP contribution is 2.30. The molecule has 2 aromatic rings. The SMILES string of the molecule is CCOC(=O)c1cc(C#N)c(N2CCC(C(=O)NS(=O)(=O)Cc3ccccc3)CC2)nc1OCCO. The molecule has 12 heteroatoms. The van der Waals surface area contributed by atoms with Gasteiger partial charge >= 0.3 is 5.97 Å². The summed E-state index contributed by atoms with van der Waals surface area (Å²) < 4.78 is 37.4. The van der Waals surface area contributed by atoms with E-state index in [0.717, 1.165) is 0 Å². The number of aliphatic hydroxyl groups is 1. The monoisotopic (exact) mass is 516 g/mol. The first-order valence-electron chi connectivity index (χ1n) is 11.5. The number of nitrogens with zero attached hydrogens (tertiary/aromatic N) is 3. The number of hydrogen-bond acceptors (Lipinski definition) is 10. The molecule has 2 N–H and O–H groups in total. The normalized spacial score (nSPS) is 14.1. The third-order valence-corrected chi connectivity index (χ3v) is 6.76. The molecule has 0 spiro atoms. The lowest BCUT2D eigenvalue weighted by Gasteiger charge is -2.32. The van der Waals surface area contributed by atoms with E-state index in [9.17, 15) is 23.3 Å². The Labute approximate surface area is 209 Å². The number of carbonyl (C=O) groups excluding carboxylic acids is 2. The van der Waals surface area contributed by atoms with Gasteiger partial charge in [-0.15, -0.1) is 0 Å². The Kier molecular flexibility index (Phi) is 9.21. The number of pyridine rings is 1. The van der Waals surface area contributed by atoms with E-state index in [1.807, 2.05) is 6.07 Å². The quantitative estimate of drug-likeness (QED) is 0.442. The summed E-state index contributed by atoms with van der Waals surface area (Å²) in [6.45, 7) is 2.02. The molecule has 0 aliphatic carbocycles. The number of nitrogens with one attached hydrogen (secondary N) is 1. The molecule has 0 atom stereocenters. The van der Waals surface area contributed by atoms with Crippen LogP contribution >= 0.6 is 0 Å². The summed E-state index contributed by atoms with van der Waals surface area (Å²) in [6.07, 6.45) is 0.678. The van der Waals surface area contributed by atoms with Crippen LogP contribution in [0.4, 0.5) is 5.82 Å². The van der Waals surface area contributed by atoms with E-state index in [0.29, 0.717) is 31.5 Å². The number of hydrogen-bond donors (Lipinski definition) is 2. The zero-order valence-corrected chi connectivity index (χ0v) is 20.7. The van der Waals surface area contributed by atoms with Crippen molar-refractivity contribution in [3.05, 3.63) is 53.1 Å². The van der Waals surface area contributed by atoms with Gasteiger partial charge in [0.2, 0.25) is 21.8 Å². The maximum absolute atomic E-state index is 12.7. The number of benzene rings is 1. The van der Waals surface area contributed by atoms with Gasteiger partial charge in [-0.3, -0.25) is 9.52 Å². The maximum Gasteiger partial charge on any atom is 0.343 e. The lowest BCUT2D eigenvalue weighted by atomic mass is 9.96. The first-order valence-corrected chi connectivity index (χ1v) is 13.1. The van der Waals surface area contributed by atoms with Gasteiger partial charge < -0.3 is 19.5 Å². The number of rotatable bonds is 10. The van der Waals surface area contributed by atoms with E-state index >= 15 is 0 Å². The van der Waals surface area contributed by atoms with Crippen LogP contribution in [0.2, 0.25) is 0 Å². The largest absolute Gasteiger partial charge is 0.475 e. The Bertz CT molecular complexity index is 1220. The molecule has 192 valence electrons. The number of aliphatic hydroxyl groups excluding tert-OH is 1. The summed E-state index contributed by atoms with van der Waals surface area (Å²) in [5.41, 5.74) is 0.680. The van der Waals surface area contributed by atoms with Gasteiger partial charge in [-0.25, -0.2) is 13.2 Å². The van der Waals surface area contributed by atoms with Crippen molar-refractivity contribution in [2.24, 2.45) is 5.92 Å². The lowest BCUT2D eigenvalue weighted by Crippen LogP contribution is -2.43. The van der Waals surface area contributed by atoms with Crippen LogP contribution < -0.4 is 14.4 Å². The second kappa shape index (κ2) is 12.3. The smallest absolute Gasteiger partial charge is 0.343 e. The number of piperidine rings is 1. The van der Waals surface area contributed by atoms with E-state index in [1.165, 1.54) is 6.07 Å². The molecule has 0 saturated carbocycles. The van der Waals surface area contributed by atoms with Crippen molar-refractivity contribution < 1.29 is 32.6 Å². The van der Waals surface area contributed by atoms with Crippen LogP contribution in [0.5, 0.6) is 5.88 Å². The number of carbonyl (C=O) groups is 2. The summed E-state index contributed by atoms with van der Waals surface area (Å²) in [5.74, 6) is -1.88. The fraction of sp³-hybridized carbons (Fsp3) is 0.417. The number of aromatic nitrogens is 1. The number of ether oxygens (including phenoxy) is 2. The van der Waals surface area contributed by atoms with E-state index in [4.69, 9.17) is 14.6 Å². The lowest BCUT2D eigenvalue weighted by molar-refractivity contribution is -0.123. The van der Waals surface area contributed by atoms with Gasteiger partial charge in [0, 0.05) is 19.0 Å². The Morgan fingerprint density at radius 3 is 2.56 bits per heavy atom. The summed E-state index contributed by atoms with van der Waals surface area (Å²) in [7, 11) is -3.84. The highest BCUT2D eigenvalue weighted by Gasteiger charge is 2.30. The fourth-order valence-corrected chi connectivity index (χ4v) is 5.01. The Morgan fingerprint density at radius 1 is 1.25 bits per heavy atom. The second-order valence-corrected chi connectivity index (χ2v) is 9.81. The highest BCUT2D eigenvalue weighted by atomic mass is 32.2. The molecule has 1 aromatic heterocycles. The predicted octanol–water partition coefficient (Wildman–Crippen LogP) is 1.36. The molecule has 1 aliphatic rings. The van der Waals surface area contributed by atoms with Crippen LogP contribution in [0.25, 0.3) is 0 Å². The summed E-state index contributed by atoms with van der Waals surface area (Å²) in [4.78, 5) is 31.1. The molecule has 36 heavy (non-hydrogen) atoms. The highest BCUT2D eigenvalue weighted by molar-refractivity contribution is 7.89. The topological polar surface area (TPSA) is 159 Å². The van der Waals surface area contributed by atoms with Crippen LogP contribution in [-0.2, 0) is 25.3 Å². The molecule has 0 unspecified atom stereocenters. The summed E-state index contributed by atoms with van der Waals surface area (Å²) >= 11 is 0. The minimum absolute atomic E-state index is 0.0245. The third kappa shape index (κ3) is 6.93. The van der Waals surface area contributed by atoms with Crippen LogP contribution in [0.1, 0.15) is 41.3 Å². The minimum atomic E-state index is -3.84. The molecule has 1 aliphatic heterocycles. The predicted molar refractivity (Wildman–Crippen MR) is 130 cm³/mol. The van der Waals surface area contributed by atoms with E-state index in [2.05, 4.69) is 9.71 Å². The van der Waals surface area contributed by atoms with Gasteiger partial charge in [0.25, 0.3) is 0 Å². The van der Waals surface area contributed by atoms with E-state index in [-0.39, 0.29) is 48.4 Å². The first-order chi connectivity index (χ1) is 17.3. The van der Waals surface area contributed by atoms with Crippen molar-refractivity contribution >= 4 is 27.7 Å². The van der Waals surface area contributed by atoms with Crippen molar-refractivity contribution in [1.82, 2.24) is 9.71 Å². The van der Waals surface area contributed by atoms with Crippen molar-refractivity contribution in [2.75, 3.05) is 37.8 Å². The van der Waals surface area contributed by atoms with Gasteiger partial charge in [-0.2, -0.15) is 10.2 Å². The average molecular weight is 517 g/mol. The van der Waals surface area contributed by atoms with Crippen LogP contribution in [0.15, 0.2) is 36.4 Å². The summed E-state index contributed by atoms with van der Waals surface area (Å²) in [6, 6.07) is 11.9. The molecule has 0 radical (unpaired) electrons. The van der Waals surface area contributed by atoms with Gasteiger partial charge in [-0.05, 0) is 31.4 Å². The molecule has 0 bridgehead atoms. The maximum atomic E-state index is 12.7. The molecule has 3 rings (SSSR count). The van der Waals surface area contributed by atoms with Crippen LogP contribution in [0.3, 0.4) is 0 Å². The van der Waals surface area contributed by atoms with Crippen molar-refractivity contribution in [2.45, 2.75) is 25.5 Å². The van der Waals surface area contributed by atoms with E-state index in [1.54, 1.807) is 42.2 Å². The Balaban J connectivity index is 1.70. The molecular formula is C24H28N4O7S. The van der Waals surface area contributed by atoms with Crippen molar-refractivity contribution in [3.63, 3.8) is 0 Å². The first kappa shape index (κ1) is 26.9. The second-order valence-electron chi connectivity index (χ2n) is 8.09. The van der Waals surface area contributed by atoms with E-state index < -0.39 is 27.8 Å². The molecule has 1 saturated heterocycles. The Hall–Kier alpha value is -3.69. The number of sulfonamides is 1. The number of anilines is 1.